The Balaban J connectivity index is 0. The fourth-order valence-electron chi connectivity index (χ4n) is 2.38. The summed E-state index contributed by atoms with van der Waals surface area (Å²) in [6.07, 6.45) is 9.60. The summed E-state index contributed by atoms with van der Waals surface area (Å²) < 4.78 is 0. The van der Waals surface area contributed by atoms with Crippen molar-refractivity contribution in [2.75, 3.05) is 0 Å². The Labute approximate surface area is 127 Å². The van der Waals surface area contributed by atoms with E-state index in [0.717, 1.165) is 25.7 Å². The molecule has 0 amide bonds. The van der Waals surface area contributed by atoms with Gasteiger partial charge in [0.2, 0.25) is 0 Å². The Morgan fingerprint density at radius 1 is 0.500 bits per heavy atom. The van der Waals surface area contributed by atoms with Crippen molar-refractivity contribution >= 4 is 12.4 Å². The fourth-order valence-corrected chi connectivity index (χ4v) is 2.38. The molecule has 4 atom stereocenters. The summed E-state index contributed by atoms with van der Waals surface area (Å²) in [6, 6.07) is 1.12. The molecule has 8 N–H and O–H groups in total. The van der Waals surface area contributed by atoms with Crippen LogP contribution in [-0.2, 0) is 16.5 Å². The van der Waals surface area contributed by atoms with Gasteiger partial charge in [0.15, 0.2) is 0 Å². The molecule has 0 aromatic rings. The molecule has 0 heterocycles. The van der Waals surface area contributed by atoms with Crippen molar-refractivity contribution in [2.24, 2.45) is 22.9 Å². The van der Waals surface area contributed by atoms with Crippen LogP contribution in [-0.4, -0.2) is 24.2 Å². The second-order valence-electron chi connectivity index (χ2n) is 5.22. The van der Waals surface area contributed by atoms with Crippen LogP contribution in [0.4, 0.5) is 0 Å². The summed E-state index contributed by atoms with van der Waals surface area (Å²) in [5.41, 5.74) is 22.6. The molecule has 0 saturated heterocycles. The van der Waals surface area contributed by atoms with Crippen LogP contribution in [0.25, 0.3) is 0 Å². The molecular formula is C12H29ClN4Ni. The number of hydrogen-bond acceptors (Lipinski definition) is 4. The van der Waals surface area contributed by atoms with E-state index < -0.39 is 0 Å². The molecule has 0 aliphatic heterocycles. The van der Waals surface area contributed by atoms with E-state index in [0.29, 0.717) is 0 Å². The molecule has 0 aromatic carbocycles. The average molecular weight is 324 g/mol. The van der Waals surface area contributed by atoms with Gasteiger partial charge in [0.1, 0.15) is 0 Å². The van der Waals surface area contributed by atoms with Gasteiger partial charge < -0.3 is 22.9 Å². The SMILES string of the molecule is Cl.N[C@@H]1CCCC[C@@H]1N.N[C@@H]1CCCC[C@@H]1N.[Ni]. The fraction of sp³-hybridized carbons (Fsp3) is 1.00. The molecule has 0 spiro atoms. The monoisotopic (exact) mass is 322 g/mol. The molecule has 4 nitrogen and oxygen atoms in total. The number of halogens is 1. The molecule has 0 radical (unpaired) electrons. The minimum absolute atomic E-state index is 0. The van der Waals surface area contributed by atoms with Gasteiger partial charge >= 0.3 is 0 Å². The predicted molar refractivity (Wildman–Crippen MR) is 76.1 cm³/mol. The summed E-state index contributed by atoms with van der Waals surface area (Å²) in [7, 11) is 0. The maximum absolute atomic E-state index is 5.65. The standard InChI is InChI=1S/2C6H14N2.ClH.Ni/c2*7-5-3-1-2-4-6(5)8;;/h2*5-6H,1-4,7-8H2;1H;/t2*5-,6+;;. The second-order valence-corrected chi connectivity index (χ2v) is 5.22. The molecule has 0 unspecified atom stereocenters. The van der Waals surface area contributed by atoms with Gasteiger partial charge in [0.25, 0.3) is 0 Å². The van der Waals surface area contributed by atoms with Crippen molar-refractivity contribution in [1.82, 2.24) is 0 Å². The quantitative estimate of drug-likeness (QED) is 0.496. The maximum atomic E-state index is 5.65. The van der Waals surface area contributed by atoms with E-state index in [2.05, 4.69) is 0 Å². The van der Waals surface area contributed by atoms with E-state index in [1.165, 1.54) is 25.7 Å². The zero-order valence-corrected chi connectivity index (χ0v) is 12.8. The molecule has 2 rings (SSSR count). The Bertz CT molecular complexity index is 157. The molecule has 2 fully saturated rings. The van der Waals surface area contributed by atoms with Crippen LogP contribution in [0.2, 0.25) is 0 Å². The van der Waals surface area contributed by atoms with Gasteiger partial charge in [-0.05, 0) is 25.7 Å². The van der Waals surface area contributed by atoms with Gasteiger partial charge in [0, 0.05) is 40.7 Å². The summed E-state index contributed by atoms with van der Waals surface area (Å²) in [5, 5.41) is 0. The molecule has 6 heteroatoms. The third-order valence-corrected chi connectivity index (χ3v) is 3.75. The van der Waals surface area contributed by atoms with Gasteiger partial charge in [-0.15, -0.1) is 12.4 Å². The summed E-state index contributed by atoms with van der Waals surface area (Å²) in [4.78, 5) is 0. The maximum Gasteiger partial charge on any atom is 0.0192 e. The minimum atomic E-state index is 0. The Morgan fingerprint density at radius 2 is 0.667 bits per heavy atom. The molecule has 0 aromatic heterocycles. The topological polar surface area (TPSA) is 104 Å². The van der Waals surface area contributed by atoms with Crippen LogP contribution < -0.4 is 22.9 Å². The molecule has 0 bridgehead atoms. The summed E-state index contributed by atoms with van der Waals surface area (Å²) in [5.74, 6) is 0. The predicted octanol–water partition coefficient (Wildman–Crippen LogP) is 0.849. The van der Waals surface area contributed by atoms with E-state index in [-0.39, 0.29) is 53.1 Å². The van der Waals surface area contributed by atoms with Crippen LogP contribution in [0.5, 0.6) is 0 Å². The van der Waals surface area contributed by atoms with Crippen molar-refractivity contribution in [1.29, 1.82) is 0 Å². The first-order valence-corrected chi connectivity index (χ1v) is 6.63. The third kappa shape index (κ3) is 7.93. The summed E-state index contributed by atoms with van der Waals surface area (Å²) >= 11 is 0. The van der Waals surface area contributed by atoms with Crippen LogP contribution in [0.3, 0.4) is 0 Å². The molecule has 2 saturated carbocycles. The van der Waals surface area contributed by atoms with Crippen LogP contribution in [0.1, 0.15) is 51.4 Å². The van der Waals surface area contributed by atoms with Crippen molar-refractivity contribution in [3.63, 3.8) is 0 Å². The van der Waals surface area contributed by atoms with Gasteiger partial charge in [0.05, 0.1) is 0 Å². The molecule has 2 aliphatic carbocycles. The van der Waals surface area contributed by atoms with Crippen molar-refractivity contribution < 1.29 is 16.5 Å². The van der Waals surface area contributed by atoms with E-state index >= 15 is 0 Å². The van der Waals surface area contributed by atoms with E-state index in [1.807, 2.05) is 0 Å². The number of rotatable bonds is 0. The van der Waals surface area contributed by atoms with Gasteiger partial charge in [-0.1, -0.05) is 25.7 Å². The van der Waals surface area contributed by atoms with E-state index in [1.54, 1.807) is 0 Å². The molecular weight excluding hydrogens is 294 g/mol. The Hall–Kier alpha value is 0.624. The van der Waals surface area contributed by atoms with Crippen LogP contribution in [0.15, 0.2) is 0 Å². The Morgan fingerprint density at radius 3 is 0.778 bits per heavy atom. The van der Waals surface area contributed by atoms with Crippen LogP contribution >= 0.6 is 12.4 Å². The van der Waals surface area contributed by atoms with Gasteiger partial charge in [-0.3, -0.25) is 0 Å². The molecule has 114 valence electrons. The van der Waals surface area contributed by atoms with Crippen molar-refractivity contribution in [3.8, 4) is 0 Å². The van der Waals surface area contributed by atoms with Crippen molar-refractivity contribution in [3.05, 3.63) is 0 Å². The van der Waals surface area contributed by atoms with Gasteiger partial charge in [-0.2, -0.15) is 0 Å². The zero-order chi connectivity index (χ0) is 12.0. The summed E-state index contributed by atoms with van der Waals surface area (Å²) in [6.45, 7) is 0. The first-order valence-electron chi connectivity index (χ1n) is 6.63. The largest absolute Gasteiger partial charge is 0.326 e. The zero-order valence-electron chi connectivity index (χ0n) is 11.0. The van der Waals surface area contributed by atoms with Crippen LogP contribution in [0, 0.1) is 0 Å². The van der Waals surface area contributed by atoms with E-state index in [9.17, 15) is 0 Å². The third-order valence-electron chi connectivity index (χ3n) is 3.75. The van der Waals surface area contributed by atoms with Crippen molar-refractivity contribution in [2.45, 2.75) is 75.5 Å². The first kappa shape index (κ1) is 20.9. The smallest absolute Gasteiger partial charge is 0.0192 e. The number of hydrogen-bond donors (Lipinski definition) is 4. The second kappa shape index (κ2) is 11.5. The van der Waals surface area contributed by atoms with Gasteiger partial charge in [-0.25, -0.2) is 0 Å². The number of nitrogens with two attached hydrogens (primary N) is 4. The average Bonchev–Trinajstić information content (AvgIpc) is 2.28. The normalized spacial score (nSPS) is 35.3. The Kier molecular flexibility index (Phi) is 13.3. The van der Waals surface area contributed by atoms with E-state index in [4.69, 9.17) is 22.9 Å². The minimum Gasteiger partial charge on any atom is -0.326 e. The molecule has 2 aliphatic rings. The molecule has 18 heavy (non-hydrogen) atoms. The first-order chi connectivity index (χ1) is 7.61.